The lowest BCUT2D eigenvalue weighted by molar-refractivity contribution is -0.198. The summed E-state index contributed by atoms with van der Waals surface area (Å²) in [5, 5.41) is 49.4. The zero-order chi connectivity index (χ0) is 64.1. The molecule has 3 rings (SSSR count). The number of thioether (sulfide) groups is 1. The fourth-order valence-corrected chi connectivity index (χ4v) is 12.6. The molecule has 31 nitrogen and oxygen atoms in total. The van der Waals surface area contributed by atoms with Crippen molar-refractivity contribution >= 4 is 166 Å². The molecule has 3 aliphatic heterocycles. The number of rotatable bonds is 32. The number of imide groups is 3. The number of likely N-dealkylation sites (N-methyl/N-ethyl adjacent to an activating group) is 5. The van der Waals surface area contributed by atoms with Crippen LogP contribution in [0, 0.1) is 4.78 Å². The van der Waals surface area contributed by atoms with Crippen molar-refractivity contribution in [1.29, 1.82) is 4.78 Å². The molecule has 0 saturated carbocycles. The van der Waals surface area contributed by atoms with Crippen LogP contribution >= 0.6 is 76.5 Å². The second kappa shape index (κ2) is 53.4. The van der Waals surface area contributed by atoms with Crippen LogP contribution in [0.3, 0.4) is 0 Å². The number of carboxylic acids is 4. The van der Waals surface area contributed by atoms with E-state index < -0.39 is 120 Å². The molecule has 0 aliphatic carbocycles. The van der Waals surface area contributed by atoms with Crippen LogP contribution in [-0.4, -0.2) is 237 Å². The number of nitrogens with zero attached hydrogens (tertiary/aromatic N) is 3. The van der Waals surface area contributed by atoms with Gasteiger partial charge in [-0.2, -0.15) is 11.8 Å². The number of hydrogen-bond donors (Lipinski definition) is 12. The van der Waals surface area contributed by atoms with Crippen molar-refractivity contribution in [2.45, 2.75) is 116 Å². The van der Waals surface area contributed by atoms with E-state index in [1.165, 1.54) is 90.6 Å². The lowest BCUT2D eigenvalue weighted by Crippen LogP contribution is -2.43. The number of amides is 6. The summed E-state index contributed by atoms with van der Waals surface area (Å²) in [6.45, 7) is 8.00. The van der Waals surface area contributed by atoms with Crippen LogP contribution in [0.15, 0.2) is 0 Å². The number of hydroxylamine groups is 6. The molecule has 3 aliphatic rings. The maximum atomic E-state index is 12.2. The van der Waals surface area contributed by atoms with E-state index in [1.807, 2.05) is 34.0 Å². The molecule has 0 radical (unpaired) electrons. The Kier molecular flexibility index (Phi) is 56.4. The van der Waals surface area contributed by atoms with E-state index >= 15 is 0 Å². The zero-order valence-electron chi connectivity index (χ0n) is 46.8. The third kappa shape index (κ3) is 37.8. The zero-order valence-corrected chi connectivity index (χ0v) is 53.3. The van der Waals surface area contributed by atoms with Gasteiger partial charge in [0.05, 0.1) is 0 Å². The topological polar surface area (TPSA) is 476 Å². The monoisotopic (exact) mass is 1340 g/mol. The lowest BCUT2D eigenvalue weighted by atomic mass is 10.3. The Labute approximate surface area is 516 Å². The first-order valence-electron chi connectivity index (χ1n) is 24.3. The van der Waals surface area contributed by atoms with Crippen molar-refractivity contribution < 1.29 is 97.3 Å². The minimum Gasteiger partial charge on any atom is -0.480 e. The van der Waals surface area contributed by atoms with Crippen molar-refractivity contribution in [3.8, 4) is 0 Å². The highest BCUT2D eigenvalue weighted by molar-refractivity contribution is 8.77. The quantitative estimate of drug-likeness (QED) is 0.0243. The van der Waals surface area contributed by atoms with Gasteiger partial charge >= 0.3 is 41.8 Å². The van der Waals surface area contributed by atoms with Crippen LogP contribution in [0.5, 0.6) is 0 Å². The van der Waals surface area contributed by atoms with Crippen molar-refractivity contribution in [3.63, 3.8) is 0 Å². The summed E-state index contributed by atoms with van der Waals surface area (Å²) < 4.78 is 5.33. The average Bonchev–Trinajstić information content (AvgIpc) is 4.08. The second-order valence-corrected chi connectivity index (χ2v) is 23.5. The Bertz CT molecular complexity index is 1880. The molecule has 83 heavy (non-hydrogen) atoms. The summed E-state index contributed by atoms with van der Waals surface area (Å²) in [5.41, 5.74) is 10.4. The van der Waals surface area contributed by atoms with Crippen molar-refractivity contribution in [2.75, 3.05) is 81.8 Å². The van der Waals surface area contributed by atoms with Gasteiger partial charge in [0.15, 0.2) is 0 Å². The predicted molar refractivity (Wildman–Crippen MR) is 325 cm³/mol. The van der Waals surface area contributed by atoms with Gasteiger partial charge < -0.3 is 73.0 Å². The van der Waals surface area contributed by atoms with Gasteiger partial charge in [-0.3, -0.25) is 47.9 Å². The molecule has 7 atom stereocenters. The molecule has 0 aromatic heterocycles. The summed E-state index contributed by atoms with van der Waals surface area (Å²) in [5.74, 6) is -7.04. The summed E-state index contributed by atoms with van der Waals surface area (Å²) in [4.78, 5) is 161. The van der Waals surface area contributed by atoms with Gasteiger partial charge in [0.25, 0.3) is 35.4 Å². The summed E-state index contributed by atoms with van der Waals surface area (Å²) >= 11 is 4.80. The number of nitrogens with two attached hydrogens (primary N) is 2. The molecule has 0 aromatic carbocycles. The standard InChI is InChI=1S/C16H22N4O8S2.C9H14N2O4S.C8H16N2O4S2.C6H12N2O4S2.2C2H6.CH4.HNS/c1-17-9(15(25)27-19-11(21)3-4-12(19)22)7-29-30-8-10(18-2)16(26)28-20-13(23)5-6-14(20)24;1-10-6(5-16-2)9(14)15-11-7(12)3-4-8(11)13;1-9-5(7(11)12)3-15-16-4-6(10-2)8(13)14;7-3(5(9)10)1-13-14-2-4(8)6(11)12;2*1-2;;1-2/h9-10,17-18H,3-8H2,1-2H3;6,10H,3-5H2,1-2H3;5-6,9-10H,3-4H2,1-2H3,(H,11,12)(H,13,14);3-4H,1-2,7-8H2,(H,9,10)(H,11,12);2*1-2H3;1H4;1H. The highest BCUT2D eigenvalue weighted by atomic mass is 33.1. The van der Waals surface area contributed by atoms with Gasteiger partial charge in [0.1, 0.15) is 42.3 Å². The normalized spacial score (nSPS) is 15.6. The Hall–Kier alpha value is -4.10. The molecule has 0 spiro atoms. The highest BCUT2D eigenvalue weighted by Crippen LogP contribution is 2.26. The largest absolute Gasteiger partial charge is 0.480 e. The van der Waals surface area contributed by atoms with Crippen molar-refractivity contribution in [3.05, 3.63) is 0 Å². The van der Waals surface area contributed by atoms with Gasteiger partial charge in [-0.05, 0) is 41.5 Å². The molecule has 7 unspecified atom stereocenters. The second-order valence-electron chi connectivity index (χ2n) is 14.9. The van der Waals surface area contributed by atoms with E-state index in [4.69, 9.17) is 51.2 Å². The van der Waals surface area contributed by atoms with Gasteiger partial charge in [-0.15, -0.1) is 15.2 Å². The Morgan fingerprint density at radius 2 is 0.627 bits per heavy atom. The van der Waals surface area contributed by atoms with Gasteiger partial charge in [-0.25, -0.2) is 19.2 Å². The molecule has 14 N–H and O–H groups in total. The number of carbonyl (C=O) groups excluding carboxylic acids is 9. The number of aliphatic carboxylic acids is 4. The van der Waals surface area contributed by atoms with Crippen LogP contribution in [0.2, 0.25) is 0 Å². The van der Waals surface area contributed by atoms with E-state index in [2.05, 4.69) is 39.0 Å². The predicted octanol–water partition coefficient (Wildman–Crippen LogP) is 0.192. The number of nitrogens with one attached hydrogen (secondary N) is 6. The van der Waals surface area contributed by atoms with Crippen LogP contribution in [0.25, 0.3) is 0 Å². The molecule has 39 heteroatoms. The molecule has 480 valence electrons. The first kappa shape index (κ1) is 87.7. The summed E-state index contributed by atoms with van der Waals surface area (Å²) in [6, 6.07) is -5.14. The van der Waals surface area contributed by atoms with Gasteiger partial charge in [0, 0.05) is 91.2 Å². The van der Waals surface area contributed by atoms with Gasteiger partial charge in [0.2, 0.25) is 0 Å². The van der Waals surface area contributed by atoms with Crippen molar-refractivity contribution in [2.24, 2.45) is 11.5 Å². The van der Waals surface area contributed by atoms with Crippen LogP contribution in [0.1, 0.15) is 73.6 Å². The van der Waals surface area contributed by atoms with Crippen molar-refractivity contribution in [1.82, 2.24) is 41.8 Å². The van der Waals surface area contributed by atoms with Gasteiger partial charge in [-0.1, -0.05) is 99.9 Å². The van der Waals surface area contributed by atoms with E-state index in [-0.39, 0.29) is 69.0 Å². The Morgan fingerprint density at radius 3 is 0.807 bits per heavy atom. The fraction of sp³-hybridized carbons (Fsp3) is 0.705. The van der Waals surface area contributed by atoms with Crippen LogP contribution in [-0.2, 0) is 89.3 Å². The van der Waals surface area contributed by atoms with E-state index in [0.717, 1.165) is 0 Å². The minimum absolute atomic E-state index is 0. The smallest absolute Gasteiger partial charge is 0.350 e. The molecule has 0 bridgehead atoms. The first-order valence-corrected chi connectivity index (χ1v) is 33.6. The third-order valence-electron chi connectivity index (χ3n) is 9.40. The third-order valence-corrected chi connectivity index (χ3v) is 17.4. The minimum atomic E-state index is -1.07. The number of carbonyl (C=O) groups is 13. The molecule has 6 amide bonds. The first-order chi connectivity index (χ1) is 38.8. The van der Waals surface area contributed by atoms with E-state index in [0.29, 0.717) is 32.4 Å². The van der Waals surface area contributed by atoms with Crippen LogP contribution < -0.4 is 38.1 Å². The molecular weight excluding hydrogens is 1260 g/mol. The fourth-order valence-electron chi connectivity index (χ4n) is 4.81. The number of hydrogen-bond acceptors (Lipinski definition) is 32. The van der Waals surface area contributed by atoms with Crippen LogP contribution in [0.4, 0.5) is 0 Å². The van der Waals surface area contributed by atoms with E-state index in [1.54, 1.807) is 21.1 Å². The average molecular weight is 1340 g/mol. The number of carboxylic acid groups (broad SMARTS) is 4. The maximum Gasteiger partial charge on any atom is 0.350 e. The maximum absolute atomic E-state index is 12.2. The SMILES string of the molecule is C.CC.CC.CNC(CSC)C(=O)ON1C(=O)CCC1=O.CNC(CSSCC(NC)C(=O)O)C(=O)O.CNC(CSSCC(NC)C(=O)ON1C(=O)CCC1=O)C(=O)ON1C(=O)CCC1=O.N=S.NC(CSSCC(N)C(=O)O)C(=O)O. The summed E-state index contributed by atoms with van der Waals surface area (Å²) in [7, 11) is 15.4. The highest BCUT2D eigenvalue weighted by Gasteiger charge is 2.37. The molecule has 3 fully saturated rings. The lowest BCUT2D eigenvalue weighted by Gasteiger charge is -2.19. The molecule has 3 heterocycles. The van der Waals surface area contributed by atoms with E-state index in [9.17, 15) is 62.3 Å². The molecular formula is C44H81N11O20S8. The Balaban J connectivity index is -0.000000331. The Morgan fingerprint density at radius 1 is 0.434 bits per heavy atom. The summed E-state index contributed by atoms with van der Waals surface area (Å²) in [6.07, 6.45) is 2.11. The molecule has 0 aromatic rings. The molecule has 3 saturated heterocycles.